The van der Waals surface area contributed by atoms with Crippen LogP contribution in [0.15, 0.2) is 35.2 Å². The second-order valence-corrected chi connectivity index (χ2v) is 6.57. The van der Waals surface area contributed by atoms with E-state index in [1.54, 1.807) is 18.2 Å². The molecule has 0 aliphatic carbocycles. The number of rotatable bonds is 6. The third-order valence-electron chi connectivity index (χ3n) is 2.22. The van der Waals surface area contributed by atoms with E-state index in [1.165, 1.54) is 12.1 Å². The van der Waals surface area contributed by atoms with Crippen LogP contribution >= 0.6 is 0 Å². The Bertz CT molecular complexity index is 650. The Kier molecular flexibility index (Phi) is 8.87. The molecule has 1 rings (SSSR count). The summed E-state index contributed by atoms with van der Waals surface area (Å²) in [6.07, 6.45) is 2.36. The first kappa shape index (κ1) is 20.5. The zero-order chi connectivity index (χ0) is 17.2. The van der Waals surface area contributed by atoms with Crippen molar-refractivity contribution in [2.24, 2.45) is 0 Å². The molecular formula is C12H18O8S2. The highest BCUT2D eigenvalue weighted by molar-refractivity contribution is 7.85. The van der Waals surface area contributed by atoms with Crippen LogP contribution in [0.3, 0.4) is 0 Å². The monoisotopic (exact) mass is 354 g/mol. The second kappa shape index (κ2) is 9.51. The van der Waals surface area contributed by atoms with Crippen LogP contribution in [0.4, 0.5) is 0 Å². The minimum Gasteiger partial charge on any atom is -0.325 e. The highest BCUT2D eigenvalue weighted by atomic mass is 32.3. The summed E-state index contributed by atoms with van der Waals surface area (Å²) >= 11 is 0. The predicted octanol–water partition coefficient (Wildman–Crippen LogP) is 1.85. The van der Waals surface area contributed by atoms with Gasteiger partial charge in [-0.2, -0.15) is 16.8 Å². The third-order valence-corrected chi connectivity index (χ3v) is 3.49. The first-order valence-electron chi connectivity index (χ1n) is 6.28. The number of carbonyl (C=O) groups excluding carboxylic acids is 1. The summed E-state index contributed by atoms with van der Waals surface area (Å²) in [5.74, 6) is -0.911. The Morgan fingerprint density at radius 1 is 1.05 bits per heavy atom. The Morgan fingerprint density at radius 2 is 1.59 bits per heavy atom. The van der Waals surface area contributed by atoms with E-state index in [-0.39, 0.29) is 11.3 Å². The molecular weight excluding hydrogens is 336 g/mol. The van der Waals surface area contributed by atoms with Gasteiger partial charge in [0.25, 0.3) is 10.1 Å². The average molecular weight is 354 g/mol. The maximum absolute atomic E-state index is 10.6. The second-order valence-electron chi connectivity index (χ2n) is 4.13. The van der Waals surface area contributed by atoms with Crippen molar-refractivity contribution in [3.8, 4) is 0 Å². The molecule has 1 aromatic rings. The van der Waals surface area contributed by atoms with Crippen LogP contribution in [0, 0.1) is 0 Å². The summed E-state index contributed by atoms with van der Waals surface area (Å²) in [6, 6.07) is 7.42. The van der Waals surface area contributed by atoms with Crippen LogP contribution in [-0.2, 0) is 29.5 Å². The van der Waals surface area contributed by atoms with Gasteiger partial charge < -0.3 is 4.18 Å². The van der Waals surface area contributed by atoms with E-state index in [0.717, 1.165) is 12.8 Å². The highest BCUT2D eigenvalue weighted by Crippen LogP contribution is 2.05. The Morgan fingerprint density at radius 3 is 1.95 bits per heavy atom. The van der Waals surface area contributed by atoms with Crippen LogP contribution in [0.5, 0.6) is 0 Å². The van der Waals surface area contributed by atoms with Crippen molar-refractivity contribution in [1.29, 1.82) is 0 Å². The van der Waals surface area contributed by atoms with Gasteiger partial charge in [-0.1, -0.05) is 38.0 Å². The molecule has 0 atom stereocenters. The molecule has 0 radical (unpaired) electrons. The Labute approximate surface area is 129 Å². The molecule has 1 aromatic carbocycles. The SMILES string of the molecule is CCCCCC(=O)OS(=O)(=O)O.O=S(=O)(O)c1ccccc1. The van der Waals surface area contributed by atoms with Gasteiger partial charge in [-0.15, -0.1) is 0 Å². The van der Waals surface area contributed by atoms with Crippen LogP contribution in [0.1, 0.15) is 32.6 Å². The molecule has 22 heavy (non-hydrogen) atoms. The van der Waals surface area contributed by atoms with Crippen LogP contribution in [0.25, 0.3) is 0 Å². The first-order chi connectivity index (χ1) is 10.1. The minimum absolute atomic E-state index is 0.0215. The molecule has 0 spiro atoms. The molecule has 0 unspecified atom stereocenters. The quantitative estimate of drug-likeness (QED) is 0.583. The fourth-order valence-electron chi connectivity index (χ4n) is 1.27. The van der Waals surface area contributed by atoms with Crippen molar-refractivity contribution in [2.75, 3.05) is 0 Å². The van der Waals surface area contributed by atoms with Crippen molar-refractivity contribution in [3.05, 3.63) is 30.3 Å². The van der Waals surface area contributed by atoms with Crippen LogP contribution in [0.2, 0.25) is 0 Å². The van der Waals surface area contributed by atoms with Gasteiger partial charge in [0.15, 0.2) is 0 Å². The lowest BCUT2D eigenvalue weighted by molar-refractivity contribution is -0.134. The molecule has 0 aliphatic heterocycles. The van der Waals surface area contributed by atoms with Crippen molar-refractivity contribution in [3.63, 3.8) is 0 Å². The third kappa shape index (κ3) is 11.2. The fourth-order valence-corrected chi connectivity index (χ4v) is 2.09. The van der Waals surface area contributed by atoms with Gasteiger partial charge in [-0.25, -0.2) is 0 Å². The lowest BCUT2D eigenvalue weighted by atomic mass is 10.2. The average Bonchev–Trinajstić information content (AvgIpc) is 2.38. The van der Waals surface area contributed by atoms with E-state index in [9.17, 15) is 21.6 Å². The molecule has 2 N–H and O–H groups in total. The first-order valence-corrected chi connectivity index (χ1v) is 9.09. The molecule has 0 saturated heterocycles. The maximum Gasteiger partial charge on any atom is 0.448 e. The molecule has 126 valence electrons. The summed E-state index contributed by atoms with van der Waals surface area (Å²) in [6.45, 7) is 1.95. The van der Waals surface area contributed by atoms with Crippen molar-refractivity contribution in [1.82, 2.24) is 0 Å². The highest BCUT2D eigenvalue weighted by Gasteiger charge is 2.11. The number of benzene rings is 1. The van der Waals surface area contributed by atoms with Crippen LogP contribution in [-0.4, -0.2) is 31.9 Å². The van der Waals surface area contributed by atoms with Gasteiger partial charge >= 0.3 is 16.4 Å². The zero-order valence-corrected chi connectivity index (χ0v) is 13.5. The van der Waals surface area contributed by atoms with Gasteiger partial charge in [0.1, 0.15) is 0 Å². The zero-order valence-electron chi connectivity index (χ0n) is 11.9. The summed E-state index contributed by atoms with van der Waals surface area (Å²) in [5.41, 5.74) is 0. The Hall–Kier alpha value is -1.49. The number of carbonyl (C=O) groups is 1. The van der Waals surface area contributed by atoms with E-state index in [0.29, 0.717) is 6.42 Å². The van der Waals surface area contributed by atoms with E-state index >= 15 is 0 Å². The van der Waals surface area contributed by atoms with E-state index in [1.807, 2.05) is 6.92 Å². The summed E-state index contributed by atoms with van der Waals surface area (Å²) in [7, 11) is -8.61. The molecule has 8 nitrogen and oxygen atoms in total. The Balaban J connectivity index is 0.000000406. The number of hydrogen-bond acceptors (Lipinski definition) is 6. The lowest BCUT2D eigenvalue weighted by Crippen LogP contribution is -2.11. The van der Waals surface area contributed by atoms with E-state index in [4.69, 9.17) is 9.11 Å². The predicted molar refractivity (Wildman–Crippen MR) is 78.0 cm³/mol. The molecule has 10 heteroatoms. The maximum atomic E-state index is 10.6. The van der Waals surface area contributed by atoms with Crippen molar-refractivity contribution in [2.45, 2.75) is 37.5 Å². The fraction of sp³-hybridized carbons (Fsp3) is 0.417. The van der Waals surface area contributed by atoms with E-state index < -0.39 is 26.5 Å². The topological polar surface area (TPSA) is 135 Å². The van der Waals surface area contributed by atoms with Crippen molar-refractivity contribution >= 4 is 26.5 Å². The minimum atomic E-state index is -4.61. The van der Waals surface area contributed by atoms with Gasteiger partial charge in [0.05, 0.1) is 4.90 Å². The number of unbranched alkanes of at least 4 members (excludes halogenated alkanes) is 2. The largest absolute Gasteiger partial charge is 0.448 e. The summed E-state index contributed by atoms with van der Waals surface area (Å²) in [5, 5.41) is 0. The van der Waals surface area contributed by atoms with Gasteiger partial charge in [0.2, 0.25) is 0 Å². The molecule has 0 fully saturated rings. The summed E-state index contributed by atoms with van der Waals surface area (Å²) in [4.78, 5) is 10.5. The molecule has 0 aliphatic rings. The van der Waals surface area contributed by atoms with Gasteiger partial charge in [0, 0.05) is 6.42 Å². The molecule has 0 amide bonds. The van der Waals surface area contributed by atoms with Crippen LogP contribution < -0.4 is 0 Å². The molecule has 0 bridgehead atoms. The molecule has 0 saturated carbocycles. The van der Waals surface area contributed by atoms with Crippen molar-refractivity contribution < 1.29 is 34.9 Å². The molecule has 0 heterocycles. The normalized spacial score (nSPS) is 11.2. The standard InChI is InChI=1S/C6H12O5S.C6H6O3S/c1-2-3-4-5-6(7)11-12(8,9)10;7-10(8,9)6-4-2-1-3-5-6/h2-5H2,1H3,(H,8,9,10);1-5H,(H,7,8,9). The summed E-state index contributed by atoms with van der Waals surface area (Å²) < 4.78 is 61.0. The molecule has 0 aromatic heterocycles. The number of hydrogen-bond donors (Lipinski definition) is 2. The smallest absolute Gasteiger partial charge is 0.325 e. The van der Waals surface area contributed by atoms with Gasteiger partial charge in [-0.05, 0) is 18.6 Å². The van der Waals surface area contributed by atoms with Gasteiger partial charge in [-0.3, -0.25) is 13.9 Å². The van der Waals surface area contributed by atoms with E-state index in [2.05, 4.69) is 4.18 Å². The lowest BCUT2D eigenvalue weighted by Gasteiger charge is -1.98.